The second-order valence-corrected chi connectivity index (χ2v) is 4.05. The number of benzene rings is 2. The molecule has 0 saturated carbocycles. The molecule has 3 nitrogen and oxygen atoms in total. The molecule has 0 aliphatic carbocycles. The molecule has 0 aromatic heterocycles. The van der Waals surface area contributed by atoms with Crippen molar-refractivity contribution in [2.45, 2.75) is 6.29 Å². The lowest BCUT2D eigenvalue weighted by atomic mass is 10.0. The van der Waals surface area contributed by atoms with E-state index in [4.69, 9.17) is 15.2 Å². The third-order valence-electron chi connectivity index (χ3n) is 2.80. The third-order valence-corrected chi connectivity index (χ3v) is 2.80. The molecule has 0 spiro atoms. The average Bonchev–Trinajstić information content (AvgIpc) is 2.81. The Hall–Kier alpha value is -2.07. The highest BCUT2D eigenvalue weighted by Crippen LogP contribution is 2.43. The van der Waals surface area contributed by atoms with Crippen molar-refractivity contribution in [3.63, 3.8) is 0 Å². The molecule has 0 fully saturated rings. The highest BCUT2D eigenvalue weighted by molar-refractivity contribution is 5.74. The fourth-order valence-electron chi connectivity index (χ4n) is 2.00. The number of rotatable bonds is 2. The van der Waals surface area contributed by atoms with Gasteiger partial charge in [-0.1, -0.05) is 30.3 Å². The largest absolute Gasteiger partial charge is 0.449 e. The summed E-state index contributed by atoms with van der Waals surface area (Å²) < 4.78 is 24.6. The molecule has 1 aliphatic rings. The predicted octanol–water partition coefficient (Wildman–Crippen LogP) is 2.55. The van der Waals surface area contributed by atoms with Crippen LogP contribution in [0.5, 0.6) is 11.5 Å². The van der Waals surface area contributed by atoms with Gasteiger partial charge in [0.25, 0.3) is 6.29 Å². The lowest BCUT2D eigenvalue weighted by molar-refractivity contribution is 0.0582. The van der Waals surface area contributed by atoms with Crippen LogP contribution < -0.4 is 15.2 Å². The van der Waals surface area contributed by atoms with E-state index in [2.05, 4.69) is 0 Å². The Morgan fingerprint density at radius 2 is 1.89 bits per heavy atom. The van der Waals surface area contributed by atoms with Crippen LogP contribution in [0.4, 0.5) is 4.39 Å². The molecule has 2 N–H and O–H groups in total. The van der Waals surface area contributed by atoms with Crippen LogP contribution in [-0.2, 0) is 0 Å². The number of ether oxygens (including phenoxy) is 2. The number of nitrogens with two attached hydrogens (primary N) is 1. The molecule has 1 unspecified atom stereocenters. The van der Waals surface area contributed by atoms with Gasteiger partial charge in [-0.3, -0.25) is 0 Å². The Bertz CT molecular complexity index is 572. The summed E-state index contributed by atoms with van der Waals surface area (Å²) in [6, 6.07) is 12.2. The smallest absolute Gasteiger partial charge is 0.253 e. The number of hydrogen-bond donors (Lipinski definition) is 1. The van der Waals surface area contributed by atoms with Gasteiger partial charge in [-0.25, -0.2) is 4.39 Å². The van der Waals surface area contributed by atoms with Crippen LogP contribution in [0.2, 0.25) is 0 Å². The summed E-state index contributed by atoms with van der Waals surface area (Å²) in [6.07, 6.45) is -0.538. The van der Waals surface area contributed by atoms with Crippen molar-refractivity contribution < 1.29 is 13.9 Å². The van der Waals surface area contributed by atoms with Gasteiger partial charge < -0.3 is 15.2 Å². The van der Waals surface area contributed by atoms with Gasteiger partial charge in [0.05, 0.1) is 6.54 Å². The minimum atomic E-state index is -0.538. The molecular formula is C14H12FNO2. The topological polar surface area (TPSA) is 44.5 Å². The summed E-state index contributed by atoms with van der Waals surface area (Å²) in [5.41, 5.74) is 7.06. The summed E-state index contributed by atoms with van der Waals surface area (Å²) in [6.45, 7) is 0.227. The van der Waals surface area contributed by atoms with Crippen molar-refractivity contribution in [2.75, 3.05) is 6.54 Å². The molecule has 0 bridgehead atoms. The van der Waals surface area contributed by atoms with Gasteiger partial charge in [0.2, 0.25) is 0 Å². The Kier molecular flexibility index (Phi) is 2.64. The Balaban J connectivity index is 2.12. The number of halogens is 1. The van der Waals surface area contributed by atoms with E-state index in [9.17, 15) is 4.39 Å². The Morgan fingerprint density at radius 1 is 1.11 bits per heavy atom. The lowest BCUT2D eigenvalue weighted by Crippen LogP contribution is -2.27. The fraction of sp³-hybridized carbons (Fsp3) is 0.143. The van der Waals surface area contributed by atoms with Gasteiger partial charge in [-0.05, 0) is 11.6 Å². The van der Waals surface area contributed by atoms with Crippen molar-refractivity contribution >= 4 is 0 Å². The highest BCUT2D eigenvalue weighted by Gasteiger charge is 2.27. The van der Waals surface area contributed by atoms with Crippen molar-refractivity contribution in [3.05, 3.63) is 48.3 Å². The van der Waals surface area contributed by atoms with Gasteiger partial charge in [-0.15, -0.1) is 0 Å². The molecule has 92 valence electrons. The molecular weight excluding hydrogens is 233 g/mol. The lowest BCUT2D eigenvalue weighted by Gasteiger charge is -2.07. The van der Waals surface area contributed by atoms with Gasteiger partial charge in [0, 0.05) is 11.6 Å². The molecule has 0 radical (unpaired) electrons. The van der Waals surface area contributed by atoms with Crippen LogP contribution >= 0.6 is 0 Å². The maximum absolute atomic E-state index is 13.6. The molecule has 1 atom stereocenters. The summed E-state index contributed by atoms with van der Waals surface area (Å²) in [5, 5.41) is 0. The molecule has 2 aromatic rings. The predicted molar refractivity (Wildman–Crippen MR) is 65.9 cm³/mol. The monoisotopic (exact) mass is 245 g/mol. The zero-order valence-corrected chi connectivity index (χ0v) is 9.60. The zero-order chi connectivity index (χ0) is 12.5. The number of fused-ring (bicyclic) bond motifs is 1. The summed E-state index contributed by atoms with van der Waals surface area (Å²) >= 11 is 0. The molecule has 0 saturated heterocycles. The minimum absolute atomic E-state index is 0.227. The molecule has 1 heterocycles. The Morgan fingerprint density at radius 3 is 2.61 bits per heavy atom. The first-order valence-electron chi connectivity index (χ1n) is 5.70. The van der Waals surface area contributed by atoms with E-state index in [1.165, 1.54) is 12.1 Å². The van der Waals surface area contributed by atoms with Crippen LogP contribution in [0.25, 0.3) is 11.1 Å². The van der Waals surface area contributed by atoms with Crippen molar-refractivity contribution in [1.29, 1.82) is 0 Å². The average molecular weight is 245 g/mol. The zero-order valence-electron chi connectivity index (χ0n) is 9.60. The summed E-state index contributed by atoms with van der Waals surface area (Å²) in [7, 11) is 0. The maximum atomic E-state index is 13.6. The van der Waals surface area contributed by atoms with Crippen molar-refractivity contribution in [2.24, 2.45) is 5.73 Å². The van der Waals surface area contributed by atoms with Crippen LogP contribution in [-0.4, -0.2) is 12.8 Å². The van der Waals surface area contributed by atoms with Crippen LogP contribution in [0.15, 0.2) is 42.5 Å². The standard InChI is InChI=1S/C14H12FNO2/c15-10-6-11(9-4-2-1-3-5-9)14-12(7-10)17-13(8-16)18-14/h1-7,13H,8,16H2. The molecule has 18 heavy (non-hydrogen) atoms. The van der Waals surface area contributed by atoms with Crippen LogP contribution in [0.3, 0.4) is 0 Å². The van der Waals surface area contributed by atoms with Crippen molar-refractivity contribution in [1.82, 2.24) is 0 Å². The summed E-state index contributed by atoms with van der Waals surface area (Å²) in [5.74, 6) is 0.608. The van der Waals surface area contributed by atoms with E-state index < -0.39 is 6.29 Å². The SMILES string of the molecule is NCC1Oc2cc(F)cc(-c3ccccc3)c2O1. The second-order valence-electron chi connectivity index (χ2n) is 4.05. The first-order valence-corrected chi connectivity index (χ1v) is 5.70. The number of hydrogen-bond acceptors (Lipinski definition) is 3. The van der Waals surface area contributed by atoms with Gasteiger partial charge in [0.15, 0.2) is 11.5 Å². The van der Waals surface area contributed by atoms with Crippen LogP contribution in [0, 0.1) is 5.82 Å². The third kappa shape index (κ3) is 1.80. The van der Waals surface area contributed by atoms with E-state index in [0.717, 1.165) is 5.56 Å². The minimum Gasteiger partial charge on any atom is -0.449 e. The maximum Gasteiger partial charge on any atom is 0.253 e. The molecule has 4 heteroatoms. The molecule has 0 amide bonds. The van der Waals surface area contributed by atoms with Gasteiger partial charge in [-0.2, -0.15) is 0 Å². The van der Waals surface area contributed by atoms with Crippen molar-refractivity contribution in [3.8, 4) is 22.6 Å². The first-order chi connectivity index (χ1) is 8.78. The normalized spacial score (nSPS) is 16.9. The molecule has 1 aliphatic heterocycles. The van der Waals surface area contributed by atoms with E-state index >= 15 is 0 Å². The van der Waals surface area contributed by atoms with E-state index in [-0.39, 0.29) is 12.4 Å². The van der Waals surface area contributed by atoms with Gasteiger partial charge >= 0.3 is 0 Å². The van der Waals surface area contributed by atoms with E-state index in [1.54, 1.807) is 0 Å². The Labute approximate surface area is 104 Å². The van der Waals surface area contributed by atoms with E-state index in [0.29, 0.717) is 17.1 Å². The second kappa shape index (κ2) is 4.31. The quantitative estimate of drug-likeness (QED) is 0.884. The molecule has 2 aromatic carbocycles. The highest BCUT2D eigenvalue weighted by atomic mass is 19.1. The van der Waals surface area contributed by atoms with E-state index in [1.807, 2.05) is 30.3 Å². The fourth-order valence-corrected chi connectivity index (χ4v) is 2.00. The summed E-state index contributed by atoms with van der Waals surface area (Å²) in [4.78, 5) is 0. The van der Waals surface area contributed by atoms with Gasteiger partial charge in [0.1, 0.15) is 5.82 Å². The van der Waals surface area contributed by atoms with Crippen LogP contribution in [0.1, 0.15) is 0 Å². The molecule has 3 rings (SSSR count). The first kappa shape index (κ1) is 11.0.